The Morgan fingerprint density at radius 2 is 2.12 bits per heavy atom. The van der Waals surface area contributed by atoms with E-state index in [1.807, 2.05) is 6.07 Å². The maximum atomic E-state index is 10.2. The van der Waals surface area contributed by atoms with Gasteiger partial charge in [0.1, 0.15) is 0 Å². The van der Waals surface area contributed by atoms with Gasteiger partial charge in [-0.25, -0.2) is 0 Å². The van der Waals surface area contributed by atoms with Crippen LogP contribution in [0.15, 0.2) is 6.07 Å². The van der Waals surface area contributed by atoms with Crippen molar-refractivity contribution in [2.24, 2.45) is 0 Å². The number of ether oxygens (including phenoxy) is 2. The molecule has 2 atom stereocenters. The van der Waals surface area contributed by atoms with Crippen LogP contribution in [0.3, 0.4) is 0 Å². The first kappa shape index (κ1) is 10.9. The van der Waals surface area contributed by atoms with Crippen molar-refractivity contribution in [3.05, 3.63) is 22.8 Å². The van der Waals surface area contributed by atoms with Crippen LogP contribution in [0.25, 0.3) is 0 Å². The normalized spacial score (nSPS) is 25.6. The highest BCUT2D eigenvalue weighted by atomic mass is 16.5. The van der Waals surface area contributed by atoms with E-state index in [1.165, 1.54) is 11.1 Å². The molecule has 1 aromatic carbocycles. The Hall–Kier alpha value is -1.26. The molecule has 1 aliphatic carbocycles. The van der Waals surface area contributed by atoms with E-state index in [4.69, 9.17) is 9.47 Å². The molecule has 92 valence electrons. The minimum Gasteiger partial charge on any atom is -0.493 e. The monoisotopic (exact) mass is 235 g/mol. The Kier molecular flexibility index (Phi) is 2.49. The van der Waals surface area contributed by atoms with E-state index >= 15 is 0 Å². The smallest absolute Gasteiger partial charge is 0.166 e. The summed E-state index contributed by atoms with van der Waals surface area (Å²) in [6.07, 6.45) is 1.25. The zero-order valence-electron chi connectivity index (χ0n) is 10.1. The minimum absolute atomic E-state index is 0.267. The van der Waals surface area contributed by atoms with Gasteiger partial charge >= 0.3 is 0 Å². The second-order valence-corrected chi connectivity index (χ2v) is 4.61. The number of hydrogen-bond acceptors (Lipinski definition) is 4. The maximum absolute atomic E-state index is 10.2. The number of methoxy groups -OCH3 is 2. The lowest BCUT2D eigenvalue weighted by Crippen LogP contribution is -2.28. The zero-order valence-corrected chi connectivity index (χ0v) is 10.1. The van der Waals surface area contributed by atoms with Gasteiger partial charge in [0.2, 0.25) is 0 Å². The van der Waals surface area contributed by atoms with E-state index in [2.05, 4.69) is 5.32 Å². The summed E-state index contributed by atoms with van der Waals surface area (Å²) in [4.78, 5) is 0. The van der Waals surface area contributed by atoms with Gasteiger partial charge in [-0.2, -0.15) is 0 Å². The van der Waals surface area contributed by atoms with Gasteiger partial charge in [-0.3, -0.25) is 0 Å². The first-order valence-electron chi connectivity index (χ1n) is 5.95. The molecular formula is C13H17NO3. The van der Waals surface area contributed by atoms with Crippen LogP contribution in [-0.2, 0) is 6.42 Å². The van der Waals surface area contributed by atoms with Crippen LogP contribution in [0.5, 0.6) is 11.5 Å². The lowest BCUT2D eigenvalue weighted by Gasteiger charge is -2.24. The Bertz CT molecular complexity index is 458. The van der Waals surface area contributed by atoms with Crippen molar-refractivity contribution >= 4 is 0 Å². The van der Waals surface area contributed by atoms with E-state index < -0.39 is 6.10 Å². The fourth-order valence-corrected chi connectivity index (χ4v) is 3.07. The van der Waals surface area contributed by atoms with Crippen molar-refractivity contribution in [3.8, 4) is 11.5 Å². The van der Waals surface area contributed by atoms with Gasteiger partial charge < -0.3 is 19.9 Å². The number of benzene rings is 1. The van der Waals surface area contributed by atoms with Crippen molar-refractivity contribution < 1.29 is 14.6 Å². The van der Waals surface area contributed by atoms with Crippen LogP contribution in [0.4, 0.5) is 0 Å². The maximum Gasteiger partial charge on any atom is 0.166 e. The molecule has 0 saturated carbocycles. The van der Waals surface area contributed by atoms with Gasteiger partial charge in [0, 0.05) is 11.6 Å². The van der Waals surface area contributed by atoms with Crippen molar-refractivity contribution in [3.63, 3.8) is 0 Å². The Morgan fingerprint density at radius 3 is 2.82 bits per heavy atom. The largest absolute Gasteiger partial charge is 0.493 e. The molecule has 0 spiro atoms. The van der Waals surface area contributed by atoms with E-state index in [0.717, 1.165) is 30.7 Å². The highest BCUT2D eigenvalue weighted by Crippen LogP contribution is 2.50. The minimum atomic E-state index is -0.454. The molecule has 0 aromatic heterocycles. The number of rotatable bonds is 2. The summed E-state index contributed by atoms with van der Waals surface area (Å²) in [5.74, 6) is 1.41. The molecule has 0 saturated heterocycles. The van der Waals surface area contributed by atoms with Crippen LogP contribution in [0.2, 0.25) is 0 Å². The Labute approximate surface area is 101 Å². The van der Waals surface area contributed by atoms with Gasteiger partial charge in [0.15, 0.2) is 11.5 Å². The summed E-state index contributed by atoms with van der Waals surface area (Å²) >= 11 is 0. The van der Waals surface area contributed by atoms with Crippen LogP contribution in [0, 0.1) is 0 Å². The molecule has 1 heterocycles. The summed E-state index contributed by atoms with van der Waals surface area (Å²) < 4.78 is 10.8. The number of nitrogens with one attached hydrogen (secondary N) is 1. The molecule has 0 amide bonds. The molecule has 17 heavy (non-hydrogen) atoms. The molecule has 2 unspecified atom stereocenters. The van der Waals surface area contributed by atoms with Crippen LogP contribution >= 0.6 is 0 Å². The lowest BCUT2D eigenvalue weighted by atomic mass is 9.94. The molecule has 3 rings (SSSR count). The van der Waals surface area contributed by atoms with Gasteiger partial charge in [-0.1, -0.05) is 0 Å². The van der Waals surface area contributed by atoms with Crippen LogP contribution in [0.1, 0.15) is 35.3 Å². The molecule has 4 heteroatoms. The second-order valence-electron chi connectivity index (χ2n) is 4.61. The van der Waals surface area contributed by atoms with E-state index in [0.29, 0.717) is 5.75 Å². The summed E-state index contributed by atoms with van der Waals surface area (Å²) in [5.41, 5.74) is 3.42. The highest BCUT2D eigenvalue weighted by molar-refractivity contribution is 5.59. The van der Waals surface area contributed by atoms with Crippen molar-refractivity contribution in [1.82, 2.24) is 5.32 Å². The number of aliphatic hydroxyl groups is 1. The third kappa shape index (κ3) is 1.44. The van der Waals surface area contributed by atoms with E-state index in [-0.39, 0.29) is 6.04 Å². The fraction of sp³-hybridized carbons (Fsp3) is 0.538. The summed E-state index contributed by atoms with van der Waals surface area (Å²) in [6, 6.07) is 2.31. The predicted octanol–water partition coefficient (Wildman–Crippen LogP) is 1.33. The first-order valence-corrected chi connectivity index (χ1v) is 5.95. The molecule has 1 aromatic rings. The summed E-state index contributed by atoms with van der Waals surface area (Å²) in [7, 11) is 3.26. The first-order chi connectivity index (χ1) is 8.26. The molecule has 0 fully saturated rings. The predicted molar refractivity (Wildman–Crippen MR) is 63.6 cm³/mol. The summed E-state index contributed by atoms with van der Waals surface area (Å²) in [6.45, 7) is 0.958. The van der Waals surface area contributed by atoms with E-state index in [1.54, 1.807) is 14.2 Å². The van der Waals surface area contributed by atoms with Gasteiger partial charge in [-0.05, 0) is 36.6 Å². The van der Waals surface area contributed by atoms with Crippen molar-refractivity contribution in [2.45, 2.75) is 25.0 Å². The summed E-state index contributed by atoms with van der Waals surface area (Å²) in [5, 5.41) is 13.6. The Balaban J connectivity index is 2.26. The third-order valence-corrected chi connectivity index (χ3v) is 3.76. The highest BCUT2D eigenvalue weighted by Gasteiger charge is 2.37. The molecule has 2 aliphatic rings. The standard InChI is InChI=1S/C13H17NO3/c1-16-10-5-7-3-4-14-8-6-9(15)12(11(7)8)13(10)17-2/h5,8-9,14-15H,3-4,6H2,1-2H3. The molecule has 0 bridgehead atoms. The molecule has 2 N–H and O–H groups in total. The van der Waals surface area contributed by atoms with Crippen molar-refractivity contribution in [1.29, 1.82) is 0 Å². The van der Waals surface area contributed by atoms with Crippen LogP contribution in [-0.4, -0.2) is 25.9 Å². The zero-order chi connectivity index (χ0) is 12.0. The van der Waals surface area contributed by atoms with Crippen molar-refractivity contribution in [2.75, 3.05) is 20.8 Å². The average molecular weight is 235 g/mol. The van der Waals surface area contributed by atoms with Gasteiger partial charge in [0.25, 0.3) is 0 Å². The number of aliphatic hydroxyl groups excluding tert-OH is 1. The van der Waals surface area contributed by atoms with Crippen LogP contribution < -0.4 is 14.8 Å². The fourth-order valence-electron chi connectivity index (χ4n) is 3.07. The number of hydrogen-bond donors (Lipinski definition) is 2. The topological polar surface area (TPSA) is 50.7 Å². The third-order valence-electron chi connectivity index (χ3n) is 3.76. The molecule has 0 radical (unpaired) electrons. The lowest BCUT2D eigenvalue weighted by molar-refractivity contribution is 0.165. The van der Waals surface area contributed by atoms with E-state index in [9.17, 15) is 5.11 Å². The average Bonchev–Trinajstić information content (AvgIpc) is 2.68. The molecule has 4 nitrogen and oxygen atoms in total. The second kappa shape index (κ2) is 3.89. The van der Waals surface area contributed by atoms with Gasteiger partial charge in [-0.15, -0.1) is 0 Å². The Morgan fingerprint density at radius 1 is 1.29 bits per heavy atom. The quantitative estimate of drug-likeness (QED) is 0.812. The molecule has 1 aliphatic heterocycles. The van der Waals surface area contributed by atoms with Gasteiger partial charge in [0.05, 0.1) is 20.3 Å². The SMILES string of the molecule is COc1cc2c3c(c1OC)C(O)CC3NCC2. The molecular weight excluding hydrogens is 218 g/mol.